The number of likely N-dealkylation sites (N-methyl/N-ethyl adjacent to an activating group) is 1. The fourth-order valence-electron chi connectivity index (χ4n) is 3.77. The van der Waals surface area contributed by atoms with Gasteiger partial charge < -0.3 is 10.2 Å². The second-order valence-electron chi connectivity index (χ2n) is 7.04. The first-order valence-corrected chi connectivity index (χ1v) is 11.0. The van der Waals surface area contributed by atoms with Crippen LogP contribution in [0.5, 0.6) is 0 Å². The minimum Gasteiger partial charge on any atom is -0.341 e. The summed E-state index contributed by atoms with van der Waals surface area (Å²) in [5, 5.41) is 3.76. The van der Waals surface area contributed by atoms with Crippen molar-refractivity contribution in [3.63, 3.8) is 0 Å². The minimum absolute atomic E-state index is 0.0812. The van der Waals surface area contributed by atoms with Gasteiger partial charge in [0, 0.05) is 43.2 Å². The third-order valence-corrected chi connectivity index (χ3v) is 7.56. The lowest BCUT2D eigenvalue weighted by molar-refractivity contribution is -0.138. The first-order valence-electron chi connectivity index (χ1n) is 9.13. The van der Waals surface area contributed by atoms with E-state index in [4.69, 9.17) is 11.6 Å². The van der Waals surface area contributed by atoms with Gasteiger partial charge >= 0.3 is 0 Å². The first-order chi connectivity index (χ1) is 12.4. The Balaban J connectivity index is 1.60. The fraction of sp³-hybridized carbons (Fsp3) is 0.611. The summed E-state index contributed by atoms with van der Waals surface area (Å²) in [5.41, 5.74) is 0. The molecule has 1 aromatic rings. The molecule has 144 valence electrons. The van der Waals surface area contributed by atoms with Gasteiger partial charge in [0.1, 0.15) is 0 Å². The predicted molar refractivity (Wildman–Crippen MR) is 102 cm³/mol. The van der Waals surface area contributed by atoms with Crippen LogP contribution in [-0.4, -0.2) is 62.8 Å². The summed E-state index contributed by atoms with van der Waals surface area (Å²) in [5.74, 6) is 0.0933. The second-order valence-corrected chi connectivity index (χ2v) is 9.42. The number of hydrogen-bond donors (Lipinski definition) is 1. The van der Waals surface area contributed by atoms with E-state index in [2.05, 4.69) is 5.32 Å². The molecule has 1 aromatic carbocycles. The second kappa shape index (κ2) is 8.25. The number of halogens is 1. The Morgan fingerprint density at radius 1 is 1.12 bits per heavy atom. The number of hydrogen-bond acceptors (Lipinski definition) is 4. The fourth-order valence-corrected chi connectivity index (χ4v) is 5.37. The lowest BCUT2D eigenvalue weighted by Gasteiger charge is -2.37. The van der Waals surface area contributed by atoms with Crippen LogP contribution in [0.15, 0.2) is 29.2 Å². The molecular weight excluding hydrogens is 374 g/mol. The van der Waals surface area contributed by atoms with Crippen molar-refractivity contribution >= 4 is 27.5 Å². The topological polar surface area (TPSA) is 69.7 Å². The largest absolute Gasteiger partial charge is 0.341 e. The Kier molecular flexibility index (Phi) is 6.22. The zero-order valence-electron chi connectivity index (χ0n) is 15.0. The van der Waals surface area contributed by atoms with Crippen LogP contribution < -0.4 is 5.32 Å². The summed E-state index contributed by atoms with van der Waals surface area (Å²) in [6.45, 7) is 2.31. The van der Waals surface area contributed by atoms with E-state index in [-0.39, 0.29) is 16.7 Å². The quantitative estimate of drug-likeness (QED) is 0.840. The summed E-state index contributed by atoms with van der Waals surface area (Å²) >= 11 is 5.84. The van der Waals surface area contributed by atoms with Gasteiger partial charge in [-0.05, 0) is 57.0 Å². The van der Waals surface area contributed by atoms with Crippen molar-refractivity contribution in [2.45, 2.75) is 36.6 Å². The molecule has 0 spiro atoms. The number of amides is 1. The number of nitrogens with zero attached hydrogens (tertiary/aromatic N) is 2. The molecule has 0 aliphatic carbocycles. The van der Waals surface area contributed by atoms with E-state index in [0.29, 0.717) is 37.0 Å². The number of nitrogens with one attached hydrogen (secondary N) is 1. The van der Waals surface area contributed by atoms with Gasteiger partial charge in [-0.25, -0.2) is 8.42 Å². The number of likely N-dealkylation sites (tertiary alicyclic amines) is 1. The van der Waals surface area contributed by atoms with Crippen LogP contribution in [0.3, 0.4) is 0 Å². The maximum absolute atomic E-state index is 12.8. The van der Waals surface area contributed by atoms with Crippen molar-refractivity contribution in [2.75, 3.05) is 33.2 Å². The molecule has 1 atom stereocenters. The zero-order chi connectivity index (χ0) is 18.7. The van der Waals surface area contributed by atoms with Gasteiger partial charge in [-0.15, -0.1) is 0 Å². The van der Waals surface area contributed by atoms with Crippen molar-refractivity contribution in [2.24, 2.45) is 5.92 Å². The number of rotatable bonds is 4. The Labute approximate surface area is 160 Å². The summed E-state index contributed by atoms with van der Waals surface area (Å²) in [4.78, 5) is 15.0. The molecule has 1 N–H and O–H groups in total. The van der Waals surface area contributed by atoms with Gasteiger partial charge in [0.05, 0.1) is 4.90 Å². The van der Waals surface area contributed by atoms with Gasteiger partial charge in [-0.1, -0.05) is 11.6 Å². The molecule has 0 saturated carbocycles. The van der Waals surface area contributed by atoms with Gasteiger partial charge in [0.15, 0.2) is 0 Å². The number of sulfonamides is 1. The Morgan fingerprint density at radius 2 is 1.77 bits per heavy atom. The van der Waals surface area contributed by atoms with Crippen LogP contribution in [0.4, 0.5) is 0 Å². The lowest BCUT2D eigenvalue weighted by Crippen LogP contribution is -2.50. The van der Waals surface area contributed by atoms with Crippen molar-refractivity contribution in [1.82, 2.24) is 14.5 Å². The highest BCUT2D eigenvalue weighted by molar-refractivity contribution is 7.89. The van der Waals surface area contributed by atoms with Crippen LogP contribution >= 0.6 is 11.6 Å². The SMILES string of the molecule is CNC1CCCN(C(=O)C2CCN(S(=O)(=O)c3ccc(Cl)cc3)CC2)C1. The first kappa shape index (κ1) is 19.6. The molecule has 0 bridgehead atoms. The van der Waals surface area contributed by atoms with Crippen LogP contribution in [-0.2, 0) is 14.8 Å². The van der Waals surface area contributed by atoms with Crippen molar-refractivity contribution < 1.29 is 13.2 Å². The van der Waals surface area contributed by atoms with Crippen LogP contribution in [0.1, 0.15) is 25.7 Å². The van der Waals surface area contributed by atoms with E-state index in [9.17, 15) is 13.2 Å². The van der Waals surface area contributed by atoms with E-state index < -0.39 is 10.0 Å². The van der Waals surface area contributed by atoms with E-state index in [1.807, 2.05) is 11.9 Å². The number of benzene rings is 1. The molecule has 1 amide bonds. The van der Waals surface area contributed by atoms with Crippen LogP contribution in [0, 0.1) is 5.92 Å². The molecule has 2 heterocycles. The molecule has 2 aliphatic heterocycles. The summed E-state index contributed by atoms with van der Waals surface area (Å²) in [6, 6.07) is 6.58. The van der Waals surface area contributed by atoms with Gasteiger partial charge in [-0.3, -0.25) is 4.79 Å². The van der Waals surface area contributed by atoms with E-state index in [0.717, 1.165) is 25.9 Å². The Bertz CT molecular complexity index is 731. The van der Waals surface area contributed by atoms with Gasteiger partial charge in [0.25, 0.3) is 0 Å². The van der Waals surface area contributed by atoms with Crippen molar-refractivity contribution in [1.29, 1.82) is 0 Å². The summed E-state index contributed by atoms with van der Waals surface area (Å²) < 4.78 is 27.0. The van der Waals surface area contributed by atoms with Crippen LogP contribution in [0.2, 0.25) is 5.02 Å². The smallest absolute Gasteiger partial charge is 0.243 e. The molecule has 26 heavy (non-hydrogen) atoms. The normalized spacial score (nSPS) is 23.2. The maximum Gasteiger partial charge on any atom is 0.243 e. The minimum atomic E-state index is -3.53. The molecule has 1 unspecified atom stereocenters. The monoisotopic (exact) mass is 399 g/mol. The molecule has 0 radical (unpaired) electrons. The molecule has 0 aromatic heterocycles. The molecule has 2 fully saturated rings. The molecule has 2 saturated heterocycles. The molecule has 6 nitrogen and oxygen atoms in total. The standard InChI is InChI=1S/C18H26ClN3O3S/c1-20-16-3-2-10-21(13-16)18(23)14-8-11-22(12-9-14)26(24,25)17-6-4-15(19)5-7-17/h4-7,14,16,20H,2-3,8-13H2,1H3. The number of carbonyl (C=O) groups is 1. The Hall–Kier alpha value is -1.15. The number of piperidine rings is 2. The Morgan fingerprint density at radius 3 is 2.38 bits per heavy atom. The highest BCUT2D eigenvalue weighted by Gasteiger charge is 2.34. The van der Waals surface area contributed by atoms with E-state index in [1.54, 1.807) is 12.1 Å². The van der Waals surface area contributed by atoms with E-state index >= 15 is 0 Å². The average molecular weight is 400 g/mol. The van der Waals surface area contributed by atoms with Gasteiger partial charge in [-0.2, -0.15) is 4.31 Å². The van der Waals surface area contributed by atoms with Crippen molar-refractivity contribution in [3.05, 3.63) is 29.3 Å². The predicted octanol–water partition coefficient (Wildman–Crippen LogP) is 1.95. The molecule has 8 heteroatoms. The zero-order valence-corrected chi connectivity index (χ0v) is 16.6. The number of carbonyl (C=O) groups excluding carboxylic acids is 1. The summed E-state index contributed by atoms with van der Waals surface area (Å²) in [7, 11) is -1.60. The lowest BCUT2D eigenvalue weighted by atomic mass is 9.95. The highest BCUT2D eigenvalue weighted by Crippen LogP contribution is 2.26. The van der Waals surface area contributed by atoms with E-state index in [1.165, 1.54) is 16.4 Å². The average Bonchev–Trinajstić information content (AvgIpc) is 2.68. The van der Waals surface area contributed by atoms with Crippen molar-refractivity contribution in [3.8, 4) is 0 Å². The maximum atomic E-state index is 12.8. The summed E-state index contributed by atoms with van der Waals surface area (Å²) in [6.07, 6.45) is 3.26. The third kappa shape index (κ3) is 4.22. The highest BCUT2D eigenvalue weighted by atomic mass is 35.5. The molecule has 3 rings (SSSR count). The van der Waals surface area contributed by atoms with Crippen LogP contribution in [0.25, 0.3) is 0 Å². The molecular formula is C18H26ClN3O3S. The third-order valence-electron chi connectivity index (χ3n) is 5.40. The van der Waals surface area contributed by atoms with Gasteiger partial charge in [0.2, 0.25) is 15.9 Å². The molecule has 2 aliphatic rings.